The topological polar surface area (TPSA) is 21.3 Å². The fraction of sp³-hybridized carbons (Fsp3) is 1.00. The normalized spacial score (nSPS) is 40.6. The van der Waals surface area contributed by atoms with E-state index >= 15 is 0 Å². The molecule has 0 radical (unpaired) electrons. The smallest absolute Gasteiger partial charge is 0.0666 e. The molecule has 0 bridgehead atoms. The summed E-state index contributed by atoms with van der Waals surface area (Å²) in [5, 5.41) is 4.00. The van der Waals surface area contributed by atoms with Crippen LogP contribution in [0.15, 0.2) is 0 Å². The van der Waals surface area contributed by atoms with Gasteiger partial charge in [-0.2, -0.15) is 0 Å². The molecule has 2 nitrogen and oxygen atoms in total. The molecule has 2 heteroatoms. The summed E-state index contributed by atoms with van der Waals surface area (Å²) in [5.74, 6) is 1.69. The van der Waals surface area contributed by atoms with Crippen LogP contribution < -0.4 is 5.32 Å². The number of ether oxygens (including phenoxy) is 1. The van der Waals surface area contributed by atoms with Crippen LogP contribution in [-0.2, 0) is 4.74 Å². The first-order chi connectivity index (χ1) is 9.04. The van der Waals surface area contributed by atoms with Crippen LogP contribution in [0.2, 0.25) is 0 Å². The van der Waals surface area contributed by atoms with Crippen LogP contribution >= 0.6 is 0 Å². The maximum absolute atomic E-state index is 5.97. The SMILES string of the molecule is CCC1(C)CC(NC2CCCCC2C(C)C)CCO1. The number of hydrogen-bond acceptors (Lipinski definition) is 2. The van der Waals surface area contributed by atoms with Gasteiger partial charge >= 0.3 is 0 Å². The fourth-order valence-electron chi connectivity index (χ4n) is 3.99. The van der Waals surface area contributed by atoms with E-state index in [2.05, 4.69) is 33.0 Å². The maximum Gasteiger partial charge on any atom is 0.0666 e. The molecular formula is C17H33NO. The van der Waals surface area contributed by atoms with Gasteiger partial charge < -0.3 is 10.1 Å². The van der Waals surface area contributed by atoms with Gasteiger partial charge in [-0.25, -0.2) is 0 Å². The van der Waals surface area contributed by atoms with E-state index in [4.69, 9.17) is 4.74 Å². The zero-order chi connectivity index (χ0) is 13.9. The largest absolute Gasteiger partial charge is 0.375 e. The molecule has 1 aliphatic carbocycles. The number of rotatable bonds is 4. The molecule has 4 unspecified atom stereocenters. The summed E-state index contributed by atoms with van der Waals surface area (Å²) >= 11 is 0. The third-order valence-electron chi connectivity index (χ3n) is 5.47. The molecule has 0 aromatic carbocycles. The van der Waals surface area contributed by atoms with Crippen LogP contribution in [0, 0.1) is 11.8 Å². The van der Waals surface area contributed by atoms with Gasteiger partial charge in [0.2, 0.25) is 0 Å². The molecule has 2 rings (SSSR count). The molecule has 0 amide bonds. The summed E-state index contributed by atoms with van der Waals surface area (Å²) in [6.07, 6.45) is 9.15. The first-order valence-corrected chi connectivity index (χ1v) is 8.44. The van der Waals surface area contributed by atoms with Crippen molar-refractivity contribution in [1.29, 1.82) is 0 Å². The summed E-state index contributed by atoms with van der Waals surface area (Å²) in [6, 6.07) is 1.42. The Hall–Kier alpha value is -0.0800. The van der Waals surface area contributed by atoms with Gasteiger partial charge in [-0.3, -0.25) is 0 Å². The second-order valence-electron chi connectivity index (χ2n) is 7.31. The lowest BCUT2D eigenvalue weighted by Crippen LogP contribution is -2.51. The predicted octanol–water partition coefficient (Wildman–Crippen LogP) is 4.14. The lowest BCUT2D eigenvalue weighted by molar-refractivity contribution is -0.0806. The van der Waals surface area contributed by atoms with Gasteiger partial charge in [0, 0.05) is 18.7 Å². The van der Waals surface area contributed by atoms with E-state index in [1.54, 1.807) is 0 Å². The van der Waals surface area contributed by atoms with Gasteiger partial charge in [0.05, 0.1) is 5.60 Å². The highest BCUT2D eigenvalue weighted by molar-refractivity contribution is 4.90. The zero-order valence-corrected chi connectivity index (χ0v) is 13.4. The summed E-state index contributed by atoms with van der Waals surface area (Å²) in [5.41, 5.74) is 0.109. The summed E-state index contributed by atoms with van der Waals surface area (Å²) < 4.78 is 5.97. The van der Waals surface area contributed by atoms with Gasteiger partial charge in [0.15, 0.2) is 0 Å². The first kappa shape index (κ1) is 15.3. The van der Waals surface area contributed by atoms with E-state index in [-0.39, 0.29) is 5.60 Å². The highest BCUT2D eigenvalue weighted by atomic mass is 16.5. The highest BCUT2D eigenvalue weighted by Crippen LogP contribution is 2.33. The molecule has 112 valence electrons. The predicted molar refractivity (Wildman–Crippen MR) is 81.4 cm³/mol. The Kier molecular flexibility index (Phi) is 5.30. The van der Waals surface area contributed by atoms with Crippen LogP contribution in [0.1, 0.15) is 72.6 Å². The maximum atomic E-state index is 5.97. The Morgan fingerprint density at radius 2 is 1.95 bits per heavy atom. The summed E-state index contributed by atoms with van der Waals surface area (Å²) in [7, 11) is 0. The molecule has 1 heterocycles. The van der Waals surface area contributed by atoms with Crippen molar-refractivity contribution in [2.45, 2.75) is 90.3 Å². The Balaban J connectivity index is 1.91. The van der Waals surface area contributed by atoms with Gasteiger partial charge in [-0.15, -0.1) is 0 Å². The fourth-order valence-corrected chi connectivity index (χ4v) is 3.99. The monoisotopic (exact) mass is 267 g/mol. The van der Waals surface area contributed by atoms with Crippen molar-refractivity contribution in [2.75, 3.05) is 6.61 Å². The van der Waals surface area contributed by atoms with Gasteiger partial charge in [-0.1, -0.05) is 33.6 Å². The Labute approximate surface area is 119 Å². The molecule has 1 N–H and O–H groups in total. The Morgan fingerprint density at radius 3 is 2.63 bits per heavy atom. The molecular weight excluding hydrogens is 234 g/mol. The van der Waals surface area contributed by atoms with Crippen molar-refractivity contribution < 1.29 is 4.74 Å². The Morgan fingerprint density at radius 1 is 1.21 bits per heavy atom. The van der Waals surface area contributed by atoms with E-state index in [1.807, 2.05) is 0 Å². The molecule has 1 saturated carbocycles. The summed E-state index contributed by atoms with van der Waals surface area (Å²) in [4.78, 5) is 0. The minimum Gasteiger partial charge on any atom is -0.375 e. The second-order valence-corrected chi connectivity index (χ2v) is 7.31. The van der Waals surface area contributed by atoms with E-state index in [0.717, 1.165) is 30.9 Å². The minimum absolute atomic E-state index is 0.109. The molecule has 2 fully saturated rings. The lowest BCUT2D eigenvalue weighted by Gasteiger charge is -2.42. The average Bonchev–Trinajstić information content (AvgIpc) is 2.39. The first-order valence-electron chi connectivity index (χ1n) is 8.44. The molecule has 1 saturated heterocycles. The van der Waals surface area contributed by atoms with Crippen molar-refractivity contribution in [3.63, 3.8) is 0 Å². The van der Waals surface area contributed by atoms with Gasteiger partial charge in [0.25, 0.3) is 0 Å². The van der Waals surface area contributed by atoms with Crippen molar-refractivity contribution in [2.24, 2.45) is 11.8 Å². The van der Waals surface area contributed by atoms with Crippen LogP contribution in [0.25, 0.3) is 0 Å². The third kappa shape index (κ3) is 3.95. The molecule has 19 heavy (non-hydrogen) atoms. The molecule has 2 aliphatic rings. The molecule has 4 atom stereocenters. The van der Waals surface area contributed by atoms with Crippen molar-refractivity contribution in [3.8, 4) is 0 Å². The van der Waals surface area contributed by atoms with E-state index in [0.29, 0.717) is 6.04 Å². The standard InChI is InChI=1S/C17H33NO/c1-5-17(4)12-14(10-11-19-17)18-16-9-7-6-8-15(16)13(2)3/h13-16,18H,5-12H2,1-4H3. The minimum atomic E-state index is 0.109. The molecule has 0 aromatic rings. The summed E-state index contributed by atoms with van der Waals surface area (Å²) in [6.45, 7) is 10.2. The average molecular weight is 267 g/mol. The lowest BCUT2D eigenvalue weighted by atomic mass is 9.77. The van der Waals surface area contributed by atoms with Gasteiger partial charge in [0.1, 0.15) is 0 Å². The third-order valence-corrected chi connectivity index (χ3v) is 5.47. The van der Waals surface area contributed by atoms with E-state index in [1.165, 1.54) is 38.5 Å². The van der Waals surface area contributed by atoms with Crippen LogP contribution in [-0.4, -0.2) is 24.3 Å². The van der Waals surface area contributed by atoms with Crippen molar-refractivity contribution in [1.82, 2.24) is 5.32 Å². The molecule has 1 aliphatic heterocycles. The number of hydrogen-bond donors (Lipinski definition) is 1. The molecule has 0 spiro atoms. The van der Waals surface area contributed by atoms with E-state index < -0.39 is 0 Å². The highest BCUT2D eigenvalue weighted by Gasteiger charge is 2.35. The molecule has 0 aromatic heterocycles. The van der Waals surface area contributed by atoms with Gasteiger partial charge in [-0.05, 0) is 50.9 Å². The van der Waals surface area contributed by atoms with Crippen molar-refractivity contribution >= 4 is 0 Å². The quantitative estimate of drug-likeness (QED) is 0.826. The Bertz CT molecular complexity index is 278. The van der Waals surface area contributed by atoms with Crippen LogP contribution in [0.5, 0.6) is 0 Å². The number of nitrogens with one attached hydrogen (secondary N) is 1. The van der Waals surface area contributed by atoms with Crippen LogP contribution in [0.3, 0.4) is 0 Å². The van der Waals surface area contributed by atoms with E-state index in [9.17, 15) is 0 Å². The van der Waals surface area contributed by atoms with Crippen LogP contribution in [0.4, 0.5) is 0 Å². The van der Waals surface area contributed by atoms with Crippen molar-refractivity contribution in [3.05, 3.63) is 0 Å². The second kappa shape index (κ2) is 6.58. The zero-order valence-electron chi connectivity index (χ0n) is 13.4.